The molecule has 2 heterocycles. The van der Waals surface area contributed by atoms with Crippen molar-refractivity contribution in [3.63, 3.8) is 0 Å². The second kappa shape index (κ2) is 12.5. The highest BCUT2D eigenvalue weighted by atomic mass is 32.1. The molecule has 0 saturated carbocycles. The monoisotopic (exact) mass is 572 g/mol. The van der Waals surface area contributed by atoms with Gasteiger partial charge in [-0.05, 0) is 42.5 Å². The van der Waals surface area contributed by atoms with Gasteiger partial charge < -0.3 is 18.9 Å². The minimum atomic E-state index is -1.31. The van der Waals surface area contributed by atoms with E-state index in [1.807, 2.05) is 0 Å². The van der Waals surface area contributed by atoms with E-state index in [0.29, 0.717) is 5.56 Å². The number of benzene rings is 3. The molecule has 0 unspecified atom stereocenters. The van der Waals surface area contributed by atoms with Crippen molar-refractivity contribution in [1.29, 1.82) is 0 Å². The number of esters is 3. The summed E-state index contributed by atoms with van der Waals surface area (Å²) < 4.78 is 24.6. The number of hydrogen-bond acceptors (Lipinski definition) is 9. The average molecular weight is 573 g/mol. The molecule has 4 aromatic rings. The van der Waals surface area contributed by atoms with Crippen molar-refractivity contribution in [2.45, 2.75) is 24.5 Å². The molecular weight excluding hydrogens is 548 g/mol. The molecule has 0 bridgehead atoms. The molecule has 1 aliphatic rings. The van der Waals surface area contributed by atoms with Gasteiger partial charge in [0, 0.05) is 6.20 Å². The van der Waals surface area contributed by atoms with Crippen molar-refractivity contribution in [2.24, 2.45) is 0 Å². The number of nitrogens with zero attached hydrogens (tertiary/aromatic N) is 1. The van der Waals surface area contributed by atoms with Crippen LogP contribution in [-0.2, 0) is 18.9 Å². The van der Waals surface area contributed by atoms with Crippen molar-refractivity contribution in [2.75, 3.05) is 6.61 Å². The number of nitrogens with one attached hydrogen (secondary N) is 1. The minimum absolute atomic E-state index is 0.183. The van der Waals surface area contributed by atoms with Gasteiger partial charge in [0.05, 0.1) is 16.7 Å². The predicted molar refractivity (Wildman–Crippen MR) is 148 cm³/mol. The van der Waals surface area contributed by atoms with Gasteiger partial charge in [-0.15, -0.1) is 0 Å². The van der Waals surface area contributed by atoms with Crippen LogP contribution in [0.25, 0.3) is 0 Å². The zero-order valence-corrected chi connectivity index (χ0v) is 22.3. The SMILES string of the molecule is O=C(OC[C@H]1O[C@@H](n2ccc(=S)[nH]c2=O)[C@@H](OC(=O)c2ccccc2)[C@@H]1OC(=O)c1ccccc1)c1ccccc1. The summed E-state index contributed by atoms with van der Waals surface area (Å²) in [5.41, 5.74) is 0.139. The summed E-state index contributed by atoms with van der Waals surface area (Å²) in [6.07, 6.45) is -3.55. The van der Waals surface area contributed by atoms with Gasteiger partial charge in [-0.1, -0.05) is 66.8 Å². The fourth-order valence-corrected chi connectivity index (χ4v) is 4.46. The van der Waals surface area contributed by atoms with E-state index in [2.05, 4.69) is 4.98 Å². The van der Waals surface area contributed by atoms with Gasteiger partial charge in [-0.2, -0.15) is 0 Å². The molecule has 1 N–H and O–H groups in total. The lowest BCUT2D eigenvalue weighted by molar-refractivity contribution is -0.0639. The lowest BCUT2D eigenvalue weighted by Gasteiger charge is -2.25. The van der Waals surface area contributed by atoms with Crippen LogP contribution in [0.15, 0.2) is 108 Å². The fraction of sp³-hybridized carbons (Fsp3) is 0.167. The van der Waals surface area contributed by atoms with E-state index >= 15 is 0 Å². The number of aromatic amines is 1. The highest BCUT2D eigenvalue weighted by Gasteiger charge is 2.51. The highest BCUT2D eigenvalue weighted by molar-refractivity contribution is 7.71. The molecule has 41 heavy (non-hydrogen) atoms. The lowest BCUT2D eigenvalue weighted by atomic mass is 10.1. The third-order valence-corrected chi connectivity index (χ3v) is 6.54. The average Bonchev–Trinajstić information content (AvgIpc) is 3.33. The molecule has 4 atom stereocenters. The predicted octanol–water partition coefficient (Wildman–Crippen LogP) is 4.11. The number of hydrogen-bond donors (Lipinski definition) is 1. The maximum absolute atomic E-state index is 13.2. The first-order chi connectivity index (χ1) is 19.9. The van der Waals surface area contributed by atoms with E-state index in [1.54, 1.807) is 91.0 Å². The molecule has 1 aromatic heterocycles. The summed E-state index contributed by atoms with van der Waals surface area (Å²) >= 11 is 5.05. The zero-order chi connectivity index (χ0) is 28.8. The van der Waals surface area contributed by atoms with Gasteiger partial charge in [0.1, 0.15) is 17.4 Å². The maximum Gasteiger partial charge on any atom is 0.338 e. The lowest BCUT2D eigenvalue weighted by Crippen LogP contribution is -2.42. The molecule has 1 fully saturated rings. The van der Waals surface area contributed by atoms with E-state index in [-0.39, 0.29) is 22.4 Å². The molecule has 0 radical (unpaired) electrons. The van der Waals surface area contributed by atoms with Crippen LogP contribution in [0, 0.1) is 4.64 Å². The highest BCUT2D eigenvalue weighted by Crippen LogP contribution is 2.34. The van der Waals surface area contributed by atoms with Crippen molar-refractivity contribution in [3.05, 3.63) is 135 Å². The van der Waals surface area contributed by atoms with Crippen molar-refractivity contribution < 1.29 is 33.3 Å². The first-order valence-electron chi connectivity index (χ1n) is 12.6. The minimum Gasteiger partial charge on any atom is -0.459 e. The van der Waals surface area contributed by atoms with Crippen LogP contribution in [0.5, 0.6) is 0 Å². The summed E-state index contributed by atoms with van der Waals surface area (Å²) in [6, 6.07) is 26.2. The quantitative estimate of drug-likeness (QED) is 0.189. The summed E-state index contributed by atoms with van der Waals surface area (Å²) in [5, 5.41) is 0. The number of rotatable bonds is 8. The normalized spacial score (nSPS) is 19.7. The molecule has 0 spiro atoms. The number of carbonyl (C=O) groups excluding carboxylic acids is 3. The van der Waals surface area contributed by atoms with Crippen LogP contribution >= 0.6 is 12.2 Å². The van der Waals surface area contributed by atoms with E-state index in [0.717, 1.165) is 4.57 Å². The molecule has 5 rings (SSSR count). The van der Waals surface area contributed by atoms with Gasteiger partial charge in [0.15, 0.2) is 18.4 Å². The summed E-state index contributed by atoms with van der Waals surface area (Å²) in [6.45, 7) is -0.367. The van der Waals surface area contributed by atoms with Crippen LogP contribution in [0.2, 0.25) is 0 Å². The Balaban J connectivity index is 1.50. The van der Waals surface area contributed by atoms with Crippen LogP contribution in [0.1, 0.15) is 37.3 Å². The van der Waals surface area contributed by atoms with Crippen molar-refractivity contribution in [1.82, 2.24) is 9.55 Å². The fourth-order valence-electron chi connectivity index (χ4n) is 4.31. The number of aromatic nitrogens is 2. The molecule has 1 aliphatic heterocycles. The largest absolute Gasteiger partial charge is 0.459 e. The number of carbonyl (C=O) groups is 3. The maximum atomic E-state index is 13.2. The summed E-state index contributed by atoms with van der Waals surface area (Å²) in [7, 11) is 0. The summed E-state index contributed by atoms with van der Waals surface area (Å²) in [5.74, 6) is -2.09. The molecule has 0 amide bonds. The molecule has 208 valence electrons. The first kappa shape index (κ1) is 27.7. The topological polar surface area (TPSA) is 126 Å². The first-order valence-corrected chi connectivity index (χ1v) is 13.0. The third kappa shape index (κ3) is 6.48. The number of ether oxygens (including phenoxy) is 4. The van der Waals surface area contributed by atoms with Gasteiger partial charge >= 0.3 is 23.6 Å². The second-order valence-corrected chi connectivity index (χ2v) is 9.46. The number of H-pyrrole nitrogens is 1. The standard InChI is InChI=1S/C30H24N2O8S/c33-27(19-10-4-1-5-11-19)37-18-22-24(39-28(34)20-12-6-2-7-13-20)25(40-29(35)21-14-8-3-9-15-21)26(38-22)32-17-16-23(41)31-30(32)36/h1-17,22,24-26H,18H2,(H,31,36,41)/t22-,24-,25+,26-/m1/s1. The van der Waals surface area contributed by atoms with E-state index < -0.39 is 48.1 Å². The Kier molecular flexibility index (Phi) is 8.47. The Morgan fingerprint density at radius 3 is 1.73 bits per heavy atom. The Morgan fingerprint density at radius 2 is 1.22 bits per heavy atom. The molecule has 1 saturated heterocycles. The van der Waals surface area contributed by atoms with Crippen molar-refractivity contribution >= 4 is 30.1 Å². The molecular formula is C30H24N2O8S. The Hall–Kier alpha value is -4.87. The Bertz CT molecular complexity index is 1640. The summed E-state index contributed by atoms with van der Waals surface area (Å²) in [4.78, 5) is 54.4. The molecule has 3 aromatic carbocycles. The zero-order valence-electron chi connectivity index (χ0n) is 21.5. The third-order valence-electron chi connectivity index (χ3n) is 6.30. The van der Waals surface area contributed by atoms with Crippen LogP contribution in [-0.4, -0.2) is 52.4 Å². The smallest absolute Gasteiger partial charge is 0.338 e. The second-order valence-electron chi connectivity index (χ2n) is 9.02. The molecule has 0 aliphatic carbocycles. The van der Waals surface area contributed by atoms with Crippen LogP contribution in [0.4, 0.5) is 0 Å². The van der Waals surface area contributed by atoms with Crippen LogP contribution in [0.3, 0.4) is 0 Å². The van der Waals surface area contributed by atoms with E-state index in [9.17, 15) is 19.2 Å². The van der Waals surface area contributed by atoms with E-state index in [4.69, 9.17) is 31.2 Å². The van der Waals surface area contributed by atoms with Gasteiger partial charge in [-0.3, -0.25) is 9.55 Å². The van der Waals surface area contributed by atoms with Gasteiger partial charge in [0.25, 0.3) is 0 Å². The Labute approximate surface area is 239 Å². The van der Waals surface area contributed by atoms with Crippen molar-refractivity contribution in [3.8, 4) is 0 Å². The molecule has 10 nitrogen and oxygen atoms in total. The van der Waals surface area contributed by atoms with Gasteiger partial charge in [0.2, 0.25) is 0 Å². The van der Waals surface area contributed by atoms with E-state index in [1.165, 1.54) is 12.3 Å². The Morgan fingerprint density at radius 1 is 0.732 bits per heavy atom. The van der Waals surface area contributed by atoms with Crippen LogP contribution < -0.4 is 5.69 Å². The molecule has 11 heteroatoms. The van der Waals surface area contributed by atoms with Gasteiger partial charge in [-0.25, -0.2) is 19.2 Å².